The van der Waals surface area contributed by atoms with Crippen molar-refractivity contribution in [3.05, 3.63) is 30.0 Å². The van der Waals surface area contributed by atoms with Gasteiger partial charge < -0.3 is 10.8 Å². The molecule has 5 nitrogen and oxygen atoms in total. The Hall–Kier alpha value is -1.88. The quantitative estimate of drug-likeness (QED) is 0.845. The monoisotopic (exact) mass is 275 g/mol. The Bertz CT molecular complexity index is 615. The van der Waals surface area contributed by atoms with Crippen LogP contribution in [-0.4, -0.2) is 27.4 Å². The molecule has 2 rings (SSSR count). The second-order valence-electron chi connectivity index (χ2n) is 5.10. The van der Waals surface area contributed by atoms with Gasteiger partial charge in [-0.25, -0.2) is 0 Å². The van der Waals surface area contributed by atoms with Crippen LogP contribution in [0.15, 0.2) is 24.3 Å². The molecule has 1 unspecified atom stereocenters. The average molecular weight is 275 g/mol. The van der Waals surface area contributed by atoms with E-state index in [-0.39, 0.29) is 6.54 Å². The van der Waals surface area contributed by atoms with E-state index in [1.807, 2.05) is 42.8 Å². The van der Waals surface area contributed by atoms with Gasteiger partial charge in [0.2, 0.25) is 0 Å². The predicted molar refractivity (Wildman–Crippen MR) is 78.5 cm³/mol. The second-order valence-corrected chi connectivity index (χ2v) is 5.10. The molecule has 2 aromatic rings. The lowest BCUT2D eigenvalue weighted by molar-refractivity contribution is -0.148. The Kier molecular flexibility index (Phi) is 4.09. The molecular weight excluding hydrogens is 254 g/mol. The van der Waals surface area contributed by atoms with Crippen molar-refractivity contribution in [3.8, 4) is 0 Å². The number of carbonyl (C=O) groups is 1. The minimum Gasteiger partial charge on any atom is -0.481 e. The number of aryl methyl sites for hydroxylation is 1. The third-order valence-electron chi connectivity index (χ3n) is 4.06. The highest BCUT2D eigenvalue weighted by atomic mass is 16.4. The minimum atomic E-state index is -0.935. The number of aliphatic carboxylic acids is 1. The highest BCUT2D eigenvalue weighted by Gasteiger charge is 2.36. The number of carboxylic acid groups (broad SMARTS) is 1. The molecule has 1 heterocycles. The lowest BCUT2D eigenvalue weighted by atomic mass is 9.80. The van der Waals surface area contributed by atoms with Crippen LogP contribution in [0.5, 0.6) is 0 Å². The Balaban J connectivity index is 2.50. The van der Waals surface area contributed by atoms with Gasteiger partial charge in [-0.3, -0.25) is 9.48 Å². The molecule has 0 radical (unpaired) electrons. The summed E-state index contributed by atoms with van der Waals surface area (Å²) in [5, 5.41) is 15.1. The molecule has 0 saturated carbocycles. The van der Waals surface area contributed by atoms with E-state index in [0.717, 1.165) is 23.1 Å². The van der Waals surface area contributed by atoms with E-state index in [4.69, 9.17) is 5.73 Å². The molecule has 0 aliphatic heterocycles. The van der Waals surface area contributed by atoms with Crippen molar-refractivity contribution in [2.24, 2.45) is 11.1 Å². The highest BCUT2D eigenvalue weighted by Crippen LogP contribution is 2.29. The Morgan fingerprint density at radius 1 is 1.40 bits per heavy atom. The van der Waals surface area contributed by atoms with Crippen LogP contribution < -0.4 is 5.73 Å². The zero-order chi connectivity index (χ0) is 14.8. The van der Waals surface area contributed by atoms with Crippen LogP contribution in [0.25, 0.3) is 10.9 Å². The lowest BCUT2D eigenvalue weighted by Crippen LogP contribution is -2.40. The lowest BCUT2D eigenvalue weighted by Gasteiger charge is -2.25. The SMILES string of the molecule is CCn1nc(CC(CC)(CN)C(=O)O)c2ccccc21. The Labute approximate surface area is 118 Å². The third kappa shape index (κ3) is 2.29. The fraction of sp³-hybridized carbons (Fsp3) is 0.467. The van der Waals surface area contributed by atoms with Crippen LogP contribution in [-0.2, 0) is 17.8 Å². The van der Waals surface area contributed by atoms with Gasteiger partial charge in [0.25, 0.3) is 0 Å². The van der Waals surface area contributed by atoms with Gasteiger partial charge in [-0.2, -0.15) is 5.10 Å². The predicted octanol–water partition coefficient (Wildman–Crippen LogP) is 2.04. The van der Waals surface area contributed by atoms with Gasteiger partial charge in [-0.05, 0) is 19.4 Å². The molecule has 1 atom stereocenters. The van der Waals surface area contributed by atoms with Gasteiger partial charge in [-0.15, -0.1) is 0 Å². The highest BCUT2D eigenvalue weighted by molar-refractivity contribution is 5.83. The maximum Gasteiger partial charge on any atom is 0.311 e. The van der Waals surface area contributed by atoms with Crippen molar-refractivity contribution >= 4 is 16.9 Å². The van der Waals surface area contributed by atoms with Crippen molar-refractivity contribution in [1.29, 1.82) is 0 Å². The first-order chi connectivity index (χ1) is 9.57. The summed E-state index contributed by atoms with van der Waals surface area (Å²) in [7, 11) is 0. The summed E-state index contributed by atoms with van der Waals surface area (Å²) in [6.45, 7) is 4.76. The van der Waals surface area contributed by atoms with Crippen molar-refractivity contribution in [1.82, 2.24) is 9.78 Å². The molecule has 0 saturated heterocycles. The van der Waals surface area contributed by atoms with Gasteiger partial charge in [0.15, 0.2) is 0 Å². The molecule has 0 bridgehead atoms. The number of nitrogens with zero attached hydrogens (tertiary/aromatic N) is 2. The topological polar surface area (TPSA) is 81.1 Å². The molecule has 1 aromatic heterocycles. The zero-order valence-corrected chi connectivity index (χ0v) is 12.0. The van der Waals surface area contributed by atoms with Crippen LogP contribution in [0, 0.1) is 5.41 Å². The number of benzene rings is 1. The van der Waals surface area contributed by atoms with Crippen LogP contribution >= 0.6 is 0 Å². The fourth-order valence-corrected chi connectivity index (χ4v) is 2.54. The summed E-state index contributed by atoms with van der Waals surface area (Å²) in [4.78, 5) is 11.6. The zero-order valence-electron chi connectivity index (χ0n) is 12.0. The van der Waals surface area contributed by atoms with Gasteiger partial charge >= 0.3 is 5.97 Å². The molecule has 0 spiro atoms. The molecular formula is C15H21N3O2. The van der Waals surface area contributed by atoms with Crippen LogP contribution in [0.2, 0.25) is 0 Å². The maximum atomic E-state index is 11.6. The Morgan fingerprint density at radius 2 is 2.10 bits per heavy atom. The molecule has 5 heteroatoms. The van der Waals surface area contributed by atoms with Gasteiger partial charge in [0, 0.05) is 24.9 Å². The van der Waals surface area contributed by atoms with E-state index < -0.39 is 11.4 Å². The molecule has 0 aliphatic rings. The molecule has 0 aliphatic carbocycles. The summed E-state index contributed by atoms with van der Waals surface area (Å²) in [5.74, 6) is -0.849. The number of fused-ring (bicyclic) bond motifs is 1. The summed E-state index contributed by atoms with van der Waals surface area (Å²) in [6.07, 6.45) is 0.856. The molecule has 0 fully saturated rings. The molecule has 1 aromatic carbocycles. The van der Waals surface area contributed by atoms with E-state index in [0.29, 0.717) is 12.8 Å². The number of rotatable bonds is 6. The summed E-state index contributed by atoms with van der Waals surface area (Å²) < 4.78 is 1.91. The van der Waals surface area contributed by atoms with E-state index >= 15 is 0 Å². The van der Waals surface area contributed by atoms with Crippen LogP contribution in [0.4, 0.5) is 0 Å². The van der Waals surface area contributed by atoms with Crippen molar-refractivity contribution in [3.63, 3.8) is 0 Å². The van der Waals surface area contributed by atoms with Gasteiger partial charge in [0.1, 0.15) is 0 Å². The van der Waals surface area contributed by atoms with E-state index in [9.17, 15) is 9.90 Å². The summed E-state index contributed by atoms with van der Waals surface area (Å²) in [5.41, 5.74) is 6.66. The van der Waals surface area contributed by atoms with E-state index in [1.165, 1.54) is 0 Å². The Morgan fingerprint density at radius 3 is 2.65 bits per heavy atom. The fourth-order valence-electron chi connectivity index (χ4n) is 2.54. The standard InChI is InChI=1S/C15H21N3O2/c1-3-15(10-16,14(19)20)9-12-11-7-5-6-8-13(11)18(4-2)17-12/h5-8H,3-4,9-10,16H2,1-2H3,(H,19,20). The molecule has 3 N–H and O–H groups in total. The smallest absolute Gasteiger partial charge is 0.311 e. The first kappa shape index (κ1) is 14.5. The van der Waals surface area contributed by atoms with Crippen molar-refractivity contribution in [2.75, 3.05) is 6.54 Å². The second kappa shape index (κ2) is 5.63. The first-order valence-corrected chi connectivity index (χ1v) is 6.96. The molecule has 20 heavy (non-hydrogen) atoms. The number of carboxylic acids is 1. The first-order valence-electron chi connectivity index (χ1n) is 6.96. The minimum absolute atomic E-state index is 0.117. The van der Waals surface area contributed by atoms with Gasteiger partial charge in [0.05, 0.1) is 16.6 Å². The third-order valence-corrected chi connectivity index (χ3v) is 4.06. The number of para-hydroxylation sites is 1. The number of aromatic nitrogens is 2. The van der Waals surface area contributed by atoms with Crippen LogP contribution in [0.1, 0.15) is 26.0 Å². The average Bonchev–Trinajstić information content (AvgIpc) is 2.82. The maximum absolute atomic E-state index is 11.6. The summed E-state index contributed by atoms with van der Waals surface area (Å²) in [6, 6.07) is 7.91. The molecule has 0 amide bonds. The largest absolute Gasteiger partial charge is 0.481 e. The summed E-state index contributed by atoms with van der Waals surface area (Å²) >= 11 is 0. The normalized spacial score (nSPS) is 14.3. The van der Waals surface area contributed by atoms with E-state index in [2.05, 4.69) is 5.10 Å². The number of hydrogen-bond donors (Lipinski definition) is 2. The van der Waals surface area contributed by atoms with Crippen LogP contribution in [0.3, 0.4) is 0 Å². The number of hydrogen-bond acceptors (Lipinski definition) is 3. The van der Waals surface area contributed by atoms with E-state index in [1.54, 1.807) is 0 Å². The van der Waals surface area contributed by atoms with Crippen molar-refractivity contribution < 1.29 is 9.90 Å². The number of nitrogens with two attached hydrogens (primary N) is 1. The van der Waals surface area contributed by atoms with Gasteiger partial charge in [-0.1, -0.05) is 25.1 Å². The molecule has 108 valence electrons. The van der Waals surface area contributed by atoms with Crippen molar-refractivity contribution in [2.45, 2.75) is 33.2 Å².